The molecule has 0 bridgehead atoms. The summed E-state index contributed by atoms with van der Waals surface area (Å²) in [5.41, 5.74) is 4.47. The van der Waals surface area contributed by atoms with Gasteiger partial charge in [-0.2, -0.15) is 0 Å². The zero-order valence-electron chi connectivity index (χ0n) is 16.3. The highest BCUT2D eigenvalue weighted by Gasteiger charge is 2.45. The van der Waals surface area contributed by atoms with Crippen LogP contribution in [0.1, 0.15) is 28.4 Å². The van der Waals surface area contributed by atoms with Crippen LogP contribution in [0, 0.1) is 11.7 Å². The van der Waals surface area contributed by atoms with Crippen LogP contribution in [0.5, 0.6) is 0 Å². The fraction of sp³-hybridized carbons (Fsp3) is 0.250. The van der Waals surface area contributed by atoms with Crippen LogP contribution in [0.25, 0.3) is 11.1 Å². The van der Waals surface area contributed by atoms with Crippen molar-refractivity contribution in [3.63, 3.8) is 0 Å². The molecule has 6 heteroatoms. The van der Waals surface area contributed by atoms with Gasteiger partial charge >= 0.3 is 0 Å². The number of rotatable bonds is 3. The van der Waals surface area contributed by atoms with E-state index in [2.05, 4.69) is 16.4 Å². The Kier molecular flexibility index (Phi) is 4.71. The zero-order chi connectivity index (χ0) is 20.7. The van der Waals surface area contributed by atoms with Crippen LogP contribution in [0.2, 0.25) is 0 Å². The van der Waals surface area contributed by atoms with Crippen LogP contribution in [-0.4, -0.2) is 40.1 Å². The number of hydrogen-bond acceptors (Lipinski definition) is 4. The molecule has 2 aliphatic heterocycles. The van der Waals surface area contributed by atoms with Crippen LogP contribution in [-0.2, 0) is 0 Å². The summed E-state index contributed by atoms with van der Waals surface area (Å²) in [5.74, 6) is -0.174. The third-order valence-corrected chi connectivity index (χ3v) is 6.23. The summed E-state index contributed by atoms with van der Waals surface area (Å²) >= 11 is 0. The number of fused-ring (bicyclic) bond motifs is 3. The first-order valence-electron chi connectivity index (χ1n) is 10.1. The van der Waals surface area contributed by atoms with E-state index in [1.807, 2.05) is 17.0 Å². The first kappa shape index (κ1) is 18.8. The number of nitrogens with zero attached hydrogens (tertiary/aromatic N) is 2. The maximum atomic E-state index is 13.4. The SMILES string of the molecule is O=C(c1ccncc1)N1CC[C@@H]2[C@@H](CO)Nc3ccc(-c4ccc(F)cc4)cc3[C@@H]21. The Labute approximate surface area is 174 Å². The molecule has 1 aromatic heterocycles. The van der Waals surface area contributed by atoms with Gasteiger partial charge in [0.15, 0.2) is 0 Å². The van der Waals surface area contributed by atoms with E-state index in [0.717, 1.165) is 28.8 Å². The number of likely N-dealkylation sites (tertiary alicyclic amines) is 1. The summed E-state index contributed by atoms with van der Waals surface area (Å²) in [6.07, 6.45) is 4.07. The summed E-state index contributed by atoms with van der Waals surface area (Å²) in [6, 6.07) is 15.7. The van der Waals surface area contributed by atoms with E-state index in [1.165, 1.54) is 12.1 Å². The van der Waals surface area contributed by atoms with E-state index in [1.54, 1.807) is 36.7 Å². The molecule has 3 aromatic rings. The molecule has 3 atom stereocenters. The third kappa shape index (κ3) is 3.13. The molecule has 2 aromatic carbocycles. The molecule has 0 spiro atoms. The van der Waals surface area contributed by atoms with Crippen molar-refractivity contribution in [2.45, 2.75) is 18.5 Å². The quantitative estimate of drug-likeness (QED) is 0.697. The minimum absolute atomic E-state index is 0.0115. The molecule has 2 aliphatic rings. The Balaban J connectivity index is 1.57. The molecule has 1 saturated heterocycles. The van der Waals surface area contributed by atoms with Gasteiger partial charge in [-0.3, -0.25) is 9.78 Å². The number of carbonyl (C=O) groups is 1. The lowest BCUT2D eigenvalue weighted by molar-refractivity contribution is 0.0701. The minimum atomic E-state index is -0.269. The van der Waals surface area contributed by atoms with Crippen molar-refractivity contribution < 1.29 is 14.3 Å². The van der Waals surface area contributed by atoms with Gasteiger partial charge in [-0.1, -0.05) is 18.2 Å². The lowest BCUT2D eigenvalue weighted by atomic mass is 9.82. The summed E-state index contributed by atoms with van der Waals surface area (Å²) in [7, 11) is 0. The van der Waals surface area contributed by atoms with E-state index in [4.69, 9.17) is 0 Å². The Morgan fingerprint density at radius 2 is 1.83 bits per heavy atom. The van der Waals surface area contributed by atoms with Crippen LogP contribution in [0.4, 0.5) is 10.1 Å². The Morgan fingerprint density at radius 3 is 2.57 bits per heavy atom. The van der Waals surface area contributed by atoms with E-state index >= 15 is 0 Å². The van der Waals surface area contributed by atoms with Crippen molar-refractivity contribution in [1.29, 1.82) is 0 Å². The maximum Gasteiger partial charge on any atom is 0.254 e. The van der Waals surface area contributed by atoms with E-state index < -0.39 is 0 Å². The highest BCUT2D eigenvalue weighted by molar-refractivity contribution is 5.94. The van der Waals surface area contributed by atoms with Crippen molar-refractivity contribution >= 4 is 11.6 Å². The number of amides is 1. The van der Waals surface area contributed by atoms with Crippen molar-refractivity contribution in [2.24, 2.45) is 5.92 Å². The molecule has 1 amide bonds. The fourth-order valence-electron chi connectivity index (χ4n) is 4.77. The summed E-state index contributed by atoms with van der Waals surface area (Å²) in [5, 5.41) is 13.4. The number of anilines is 1. The summed E-state index contributed by atoms with van der Waals surface area (Å²) < 4.78 is 13.4. The summed E-state index contributed by atoms with van der Waals surface area (Å²) in [6.45, 7) is 0.645. The molecular weight excluding hydrogens is 381 g/mol. The molecule has 30 heavy (non-hydrogen) atoms. The molecule has 3 heterocycles. The highest BCUT2D eigenvalue weighted by Crippen LogP contribution is 2.47. The minimum Gasteiger partial charge on any atom is -0.394 e. The number of nitrogens with one attached hydrogen (secondary N) is 1. The zero-order valence-corrected chi connectivity index (χ0v) is 16.3. The van der Waals surface area contributed by atoms with Gasteiger partial charge in [0.2, 0.25) is 0 Å². The van der Waals surface area contributed by atoms with Crippen molar-refractivity contribution in [2.75, 3.05) is 18.5 Å². The third-order valence-electron chi connectivity index (χ3n) is 6.23. The lowest BCUT2D eigenvalue weighted by Crippen LogP contribution is -2.42. The van der Waals surface area contributed by atoms with Crippen LogP contribution >= 0.6 is 0 Å². The number of benzene rings is 2. The number of hydrogen-bond donors (Lipinski definition) is 2. The number of aliphatic hydroxyl groups excluding tert-OH is 1. The van der Waals surface area contributed by atoms with Gasteiger partial charge in [0.25, 0.3) is 5.91 Å². The molecule has 0 aliphatic carbocycles. The van der Waals surface area contributed by atoms with Crippen molar-refractivity contribution in [3.8, 4) is 11.1 Å². The monoisotopic (exact) mass is 403 g/mol. The fourth-order valence-corrected chi connectivity index (χ4v) is 4.77. The van der Waals surface area contributed by atoms with Gasteiger partial charge in [0.1, 0.15) is 5.82 Å². The van der Waals surface area contributed by atoms with Gasteiger partial charge in [0.05, 0.1) is 18.7 Å². The topological polar surface area (TPSA) is 65.5 Å². The van der Waals surface area contributed by atoms with Crippen molar-refractivity contribution in [3.05, 3.63) is 83.9 Å². The Morgan fingerprint density at radius 1 is 1.10 bits per heavy atom. The predicted octanol–water partition coefficient (Wildman–Crippen LogP) is 3.88. The Bertz CT molecular complexity index is 1070. The van der Waals surface area contributed by atoms with E-state index in [9.17, 15) is 14.3 Å². The largest absolute Gasteiger partial charge is 0.394 e. The molecule has 0 radical (unpaired) electrons. The lowest BCUT2D eigenvalue weighted by Gasteiger charge is -2.39. The first-order valence-corrected chi connectivity index (χ1v) is 10.1. The molecule has 1 fully saturated rings. The van der Waals surface area contributed by atoms with Gasteiger partial charge in [-0.25, -0.2) is 4.39 Å². The standard InChI is InChI=1S/C24H22FN3O2/c25-18-4-1-15(2-5-18)17-3-6-21-20(13-17)23-19(22(14-29)27-21)9-12-28(23)24(30)16-7-10-26-11-8-16/h1-8,10-11,13,19,22-23,27,29H,9,12,14H2/t19-,22-,23-/m1/s1. The van der Waals surface area contributed by atoms with Gasteiger partial charge < -0.3 is 15.3 Å². The van der Waals surface area contributed by atoms with Crippen LogP contribution in [0.3, 0.4) is 0 Å². The number of carbonyl (C=O) groups excluding carboxylic acids is 1. The van der Waals surface area contributed by atoms with E-state index in [0.29, 0.717) is 12.1 Å². The molecular formula is C24H22FN3O2. The maximum absolute atomic E-state index is 13.4. The first-order chi connectivity index (χ1) is 14.7. The van der Waals surface area contributed by atoms with Crippen LogP contribution < -0.4 is 5.32 Å². The normalized spacial score (nSPS) is 22.2. The average Bonchev–Trinajstić information content (AvgIpc) is 3.24. The molecule has 2 N–H and O–H groups in total. The summed E-state index contributed by atoms with van der Waals surface area (Å²) in [4.78, 5) is 19.2. The average molecular weight is 403 g/mol. The second kappa shape index (κ2) is 7.54. The Hall–Kier alpha value is -3.25. The van der Waals surface area contributed by atoms with Gasteiger partial charge in [-0.15, -0.1) is 0 Å². The smallest absolute Gasteiger partial charge is 0.254 e. The predicted molar refractivity (Wildman–Crippen MR) is 112 cm³/mol. The second-order valence-corrected chi connectivity index (χ2v) is 7.87. The molecule has 152 valence electrons. The number of aliphatic hydroxyl groups is 1. The molecule has 0 saturated carbocycles. The number of aromatic nitrogens is 1. The number of pyridine rings is 1. The van der Waals surface area contributed by atoms with Crippen molar-refractivity contribution in [1.82, 2.24) is 9.88 Å². The van der Waals surface area contributed by atoms with E-state index in [-0.39, 0.29) is 36.3 Å². The molecule has 0 unspecified atom stereocenters. The second-order valence-electron chi connectivity index (χ2n) is 7.87. The van der Waals surface area contributed by atoms with Crippen LogP contribution in [0.15, 0.2) is 67.0 Å². The molecule has 5 rings (SSSR count). The van der Waals surface area contributed by atoms with Gasteiger partial charge in [-0.05, 0) is 59.5 Å². The number of halogens is 1. The molecule has 5 nitrogen and oxygen atoms in total. The highest BCUT2D eigenvalue weighted by atomic mass is 19.1. The van der Waals surface area contributed by atoms with Gasteiger partial charge in [0, 0.05) is 36.1 Å².